The van der Waals surface area contributed by atoms with E-state index >= 15 is 0 Å². The van der Waals surface area contributed by atoms with E-state index in [0.717, 1.165) is 11.8 Å². The summed E-state index contributed by atoms with van der Waals surface area (Å²) in [5.74, 6) is 2.41. The van der Waals surface area contributed by atoms with Crippen LogP contribution < -0.4 is 5.73 Å². The Morgan fingerprint density at radius 3 is 1.81 bits per heavy atom. The van der Waals surface area contributed by atoms with Crippen LogP contribution in [0.3, 0.4) is 0 Å². The molecule has 4 atom stereocenters. The van der Waals surface area contributed by atoms with Crippen LogP contribution in [-0.4, -0.2) is 6.04 Å². The van der Waals surface area contributed by atoms with Gasteiger partial charge in [0.2, 0.25) is 0 Å². The van der Waals surface area contributed by atoms with Crippen molar-refractivity contribution >= 4 is 0 Å². The normalized spacial score (nSPS) is 39.4. The van der Waals surface area contributed by atoms with Gasteiger partial charge in [-0.3, -0.25) is 0 Å². The van der Waals surface area contributed by atoms with E-state index in [1.165, 1.54) is 77.0 Å². The molecular formula is C20H39N. The van der Waals surface area contributed by atoms with Crippen molar-refractivity contribution in [2.45, 2.75) is 104 Å². The van der Waals surface area contributed by atoms with Gasteiger partial charge >= 0.3 is 0 Å². The first kappa shape index (κ1) is 17.3. The second-order valence-electron chi connectivity index (χ2n) is 8.64. The van der Waals surface area contributed by atoms with Gasteiger partial charge in [0.15, 0.2) is 0 Å². The van der Waals surface area contributed by atoms with Crippen LogP contribution in [0.15, 0.2) is 0 Å². The molecule has 1 nitrogen and oxygen atoms in total. The summed E-state index contributed by atoms with van der Waals surface area (Å²) in [5.41, 5.74) is 7.03. The average Bonchev–Trinajstić information content (AvgIpc) is 2.43. The Bertz CT molecular complexity index is 296. The lowest BCUT2D eigenvalue weighted by Crippen LogP contribution is -2.50. The highest BCUT2D eigenvalue weighted by Gasteiger charge is 2.45. The molecule has 2 aliphatic carbocycles. The number of nitrogens with two attached hydrogens (primary N) is 1. The Labute approximate surface area is 133 Å². The monoisotopic (exact) mass is 293 g/mol. The van der Waals surface area contributed by atoms with Gasteiger partial charge in [0.05, 0.1) is 0 Å². The molecule has 0 spiro atoms. The van der Waals surface area contributed by atoms with Gasteiger partial charge in [0, 0.05) is 6.04 Å². The zero-order valence-corrected chi connectivity index (χ0v) is 14.9. The van der Waals surface area contributed by atoms with Gasteiger partial charge in [0.25, 0.3) is 0 Å². The Hall–Kier alpha value is -0.0400. The molecule has 2 rings (SSSR count). The molecule has 2 aliphatic rings. The molecule has 0 heterocycles. The summed E-state index contributed by atoms with van der Waals surface area (Å²) in [7, 11) is 0. The fraction of sp³-hybridized carbons (Fsp3) is 1.00. The third kappa shape index (κ3) is 4.47. The van der Waals surface area contributed by atoms with Crippen LogP contribution in [0.5, 0.6) is 0 Å². The fourth-order valence-corrected chi connectivity index (χ4v) is 5.24. The van der Waals surface area contributed by atoms with E-state index in [4.69, 9.17) is 5.73 Å². The van der Waals surface area contributed by atoms with E-state index < -0.39 is 0 Å². The van der Waals surface area contributed by atoms with Crippen molar-refractivity contribution < 1.29 is 0 Å². The molecule has 2 bridgehead atoms. The molecule has 1 heteroatoms. The molecule has 0 amide bonds. The van der Waals surface area contributed by atoms with E-state index in [-0.39, 0.29) is 0 Å². The highest BCUT2D eigenvalue weighted by Crippen LogP contribution is 2.51. The van der Waals surface area contributed by atoms with Crippen molar-refractivity contribution in [3.8, 4) is 0 Å². The predicted molar refractivity (Wildman–Crippen MR) is 93.3 cm³/mol. The average molecular weight is 294 g/mol. The summed E-state index contributed by atoms with van der Waals surface area (Å²) >= 11 is 0. The Morgan fingerprint density at radius 1 is 0.762 bits per heavy atom. The second-order valence-corrected chi connectivity index (χ2v) is 8.64. The fourth-order valence-electron chi connectivity index (χ4n) is 5.24. The molecule has 21 heavy (non-hydrogen) atoms. The van der Waals surface area contributed by atoms with Crippen LogP contribution in [-0.2, 0) is 0 Å². The highest BCUT2D eigenvalue weighted by atomic mass is 14.7. The van der Waals surface area contributed by atoms with Crippen LogP contribution in [0, 0.1) is 23.2 Å². The number of rotatable bonds is 0. The summed E-state index contributed by atoms with van der Waals surface area (Å²) in [6.45, 7) is 7.53. The lowest BCUT2D eigenvalue weighted by molar-refractivity contribution is -0.00613. The van der Waals surface area contributed by atoms with Gasteiger partial charge in [-0.05, 0) is 42.4 Å². The highest BCUT2D eigenvalue weighted by molar-refractivity contribution is 4.97. The SMILES string of the molecule is CC1C(N)CC2CCCCCCCCCCCC1C2(C)C. The molecule has 0 aromatic heterocycles. The maximum Gasteiger partial charge on any atom is 0.00702 e. The molecule has 2 fully saturated rings. The summed E-state index contributed by atoms with van der Waals surface area (Å²) in [5, 5.41) is 0. The maximum atomic E-state index is 6.53. The summed E-state index contributed by atoms with van der Waals surface area (Å²) in [4.78, 5) is 0. The number of hydrogen-bond donors (Lipinski definition) is 1. The topological polar surface area (TPSA) is 26.0 Å². The lowest BCUT2D eigenvalue weighted by atomic mass is 9.55. The molecule has 4 unspecified atom stereocenters. The van der Waals surface area contributed by atoms with E-state index in [1.54, 1.807) is 0 Å². The minimum Gasteiger partial charge on any atom is -0.327 e. The van der Waals surface area contributed by atoms with E-state index in [2.05, 4.69) is 20.8 Å². The molecule has 0 aromatic carbocycles. The predicted octanol–water partition coefficient (Wildman–Crippen LogP) is 5.92. The van der Waals surface area contributed by atoms with Crippen LogP contribution in [0.1, 0.15) is 97.8 Å². The van der Waals surface area contributed by atoms with Gasteiger partial charge in [-0.2, -0.15) is 0 Å². The van der Waals surface area contributed by atoms with Crippen LogP contribution >= 0.6 is 0 Å². The third-order valence-electron chi connectivity index (χ3n) is 6.94. The van der Waals surface area contributed by atoms with E-state index in [1.807, 2.05) is 0 Å². The van der Waals surface area contributed by atoms with Crippen molar-refractivity contribution in [2.75, 3.05) is 0 Å². The summed E-state index contributed by atoms with van der Waals surface area (Å²) in [6, 6.07) is 0.445. The molecule has 124 valence electrons. The van der Waals surface area contributed by atoms with Crippen LogP contribution in [0.4, 0.5) is 0 Å². The zero-order valence-electron chi connectivity index (χ0n) is 14.9. The van der Waals surface area contributed by atoms with Crippen molar-refractivity contribution in [1.82, 2.24) is 0 Å². The minimum atomic E-state index is 0.445. The first-order valence-corrected chi connectivity index (χ1v) is 9.79. The third-order valence-corrected chi connectivity index (χ3v) is 6.94. The quantitative estimate of drug-likeness (QED) is 0.589. The van der Waals surface area contributed by atoms with Gasteiger partial charge in [-0.1, -0.05) is 78.6 Å². The standard InChI is InChI=1S/C20H39N/c1-16-18-14-12-10-8-6-4-5-7-9-11-13-17(15-19(16)21)20(18,2)3/h16-19H,4-15,21H2,1-3H3. The van der Waals surface area contributed by atoms with Crippen molar-refractivity contribution in [3.63, 3.8) is 0 Å². The smallest absolute Gasteiger partial charge is 0.00702 e. The van der Waals surface area contributed by atoms with Crippen molar-refractivity contribution in [3.05, 3.63) is 0 Å². The Morgan fingerprint density at radius 2 is 1.24 bits per heavy atom. The zero-order chi connectivity index (χ0) is 15.3. The molecule has 0 radical (unpaired) electrons. The van der Waals surface area contributed by atoms with Crippen molar-refractivity contribution in [2.24, 2.45) is 28.9 Å². The molecule has 0 aliphatic heterocycles. The van der Waals surface area contributed by atoms with Gasteiger partial charge in [-0.25, -0.2) is 0 Å². The van der Waals surface area contributed by atoms with Crippen LogP contribution in [0.2, 0.25) is 0 Å². The Balaban J connectivity index is 2.04. The van der Waals surface area contributed by atoms with Crippen molar-refractivity contribution in [1.29, 1.82) is 0 Å². The molecular weight excluding hydrogens is 254 g/mol. The largest absolute Gasteiger partial charge is 0.327 e. The molecule has 2 saturated carbocycles. The van der Waals surface area contributed by atoms with E-state index in [9.17, 15) is 0 Å². The maximum absolute atomic E-state index is 6.53. The van der Waals surface area contributed by atoms with Gasteiger partial charge in [-0.15, -0.1) is 0 Å². The summed E-state index contributed by atoms with van der Waals surface area (Å²) in [6.07, 6.45) is 17.2. The Kier molecular flexibility index (Phi) is 6.59. The second kappa shape index (κ2) is 7.99. The molecule has 0 saturated heterocycles. The first-order valence-electron chi connectivity index (χ1n) is 9.79. The number of hydrogen-bond acceptors (Lipinski definition) is 1. The van der Waals surface area contributed by atoms with Gasteiger partial charge < -0.3 is 5.73 Å². The van der Waals surface area contributed by atoms with Crippen LogP contribution in [0.25, 0.3) is 0 Å². The van der Waals surface area contributed by atoms with Gasteiger partial charge in [0.1, 0.15) is 0 Å². The first-order chi connectivity index (χ1) is 10.0. The minimum absolute atomic E-state index is 0.445. The van der Waals surface area contributed by atoms with E-state index in [0.29, 0.717) is 17.4 Å². The molecule has 0 aromatic rings. The summed E-state index contributed by atoms with van der Waals surface area (Å²) < 4.78 is 0. The number of fused-ring (bicyclic) bond motifs is 2. The molecule has 2 N–H and O–H groups in total. The lowest BCUT2D eigenvalue weighted by Gasteiger charge is -2.51.